The molecule has 1 N–H and O–H groups in total. The average molecular weight is 266 g/mol. The number of sulfone groups is 1. The van der Waals surface area contributed by atoms with E-state index in [0.717, 1.165) is 5.39 Å². The molecular formula is C13H14O4S. The molecule has 2 aromatic rings. The molecule has 1 fully saturated rings. The van der Waals surface area contributed by atoms with Crippen LogP contribution in [-0.4, -0.2) is 25.0 Å². The van der Waals surface area contributed by atoms with Gasteiger partial charge in [-0.2, -0.15) is 0 Å². The first kappa shape index (κ1) is 11.7. The zero-order valence-electron chi connectivity index (χ0n) is 9.74. The molecule has 96 valence electrons. The number of benzene rings is 1. The third kappa shape index (κ3) is 2.04. The lowest BCUT2D eigenvalue weighted by Crippen LogP contribution is -2.13. The number of fused-ring (bicyclic) bond motifs is 1. The quantitative estimate of drug-likeness (QED) is 0.901. The summed E-state index contributed by atoms with van der Waals surface area (Å²) >= 11 is 0. The topological polar surface area (TPSA) is 67.5 Å². The third-order valence-corrected chi connectivity index (χ3v) is 5.24. The van der Waals surface area contributed by atoms with Crippen molar-refractivity contribution in [3.8, 4) is 0 Å². The highest BCUT2D eigenvalue weighted by atomic mass is 32.2. The summed E-state index contributed by atoms with van der Waals surface area (Å²) in [5.41, 5.74) is 0.715. The number of aliphatic hydroxyl groups is 1. The molecule has 2 unspecified atom stereocenters. The molecule has 0 saturated carbocycles. The molecule has 0 spiro atoms. The number of aliphatic hydroxyl groups excluding tert-OH is 1. The summed E-state index contributed by atoms with van der Waals surface area (Å²) in [6, 6.07) is 9.28. The summed E-state index contributed by atoms with van der Waals surface area (Å²) in [7, 11) is -2.98. The Balaban J connectivity index is 1.90. The Kier molecular flexibility index (Phi) is 2.68. The Bertz CT molecular complexity index is 638. The third-order valence-electron chi connectivity index (χ3n) is 3.45. The van der Waals surface area contributed by atoms with Gasteiger partial charge in [0, 0.05) is 11.3 Å². The zero-order chi connectivity index (χ0) is 12.8. The molecule has 18 heavy (non-hydrogen) atoms. The second kappa shape index (κ2) is 4.10. The molecule has 1 aliphatic heterocycles. The fourth-order valence-corrected chi connectivity index (χ4v) is 4.28. The molecule has 0 bridgehead atoms. The molecule has 2 atom stereocenters. The van der Waals surface area contributed by atoms with E-state index in [0.29, 0.717) is 17.8 Å². The normalized spacial score (nSPS) is 24.4. The highest BCUT2D eigenvalue weighted by molar-refractivity contribution is 7.91. The van der Waals surface area contributed by atoms with Gasteiger partial charge in [0.15, 0.2) is 9.84 Å². The molecule has 5 heteroatoms. The van der Waals surface area contributed by atoms with Gasteiger partial charge in [0.05, 0.1) is 11.5 Å². The molecular weight excluding hydrogens is 252 g/mol. The van der Waals surface area contributed by atoms with E-state index in [4.69, 9.17) is 4.42 Å². The van der Waals surface area contributed by atoms with Gasteiger partial charge in [-0.1, -0.05) is 18.2 Å². The van der Waals surface area contributed by atoms with Crippen LogP contribution >= 0.6 is 0 Å². The van der Waals surface area contributed by atoms with E-state index in [-0.39, 0.29) is 17.4 Å². The van der Waals surface area contributed by atoms with Crippen molar-refractivity contribution in [3.05, 3.63) is 36.1 Å². The van der Waals surface area contributed by atoms with Gasteiger partial charge in [0.1, 0.15) is 17.4 Å². The highest BCUT2D eigenvalue weighted by Gasteiger charge is 2.34. The first-order valence-corrected chi connectivity index (χ1v) is 7.74. The van der Waals surface area contributed by atoms with Crippen LogP contribution in [0.5, 0.6) is 0 Å². The molecule has 4 nitrogen and oxygen atoms in total. The number of furan rings is 1. The lowest BCUT2D eigenvalue weighted by atomic mass is 10.00. The van der Waals surface area contributed by atoms with Crippen molar-refractivity contribution < 1.29 is 17.9 Å². The Morgan fingerprint density at radius 1 is 1.33 bits per heavy atom. The largest absolute Gasteiger partial charge is 0.458 e. The summed E-state index contributed by atoms with van der Waals surface area (Å²) in [6.45, 7) is 0. The van der Waals surface area contributed by atoms with E-state index < -0.39 is 15.9 Å². The molecule has 0 radical (unpaired) electrons. The van der Waals surface area contributed by atoms with Crippen molar-refractivity contribution in [1.29, 1.82) is 0 Å². The summed E-state index contributed by atoms with van der Waals surface area (Å²) in [6.07, 6.45) is -0.338. The van der Waals surface area contributed by atoms with E-state index in [2.05, 4.69) is 0 Å². The van der Waals surface area contributed by atoms with Crippen molar-refractivity contribution in [1.82, 2.24) is 0 Å². The van der Waals surface area contributed by atoms with Gasteiger partial charge in [-0.15, -0.1) is 0 Å². The fraction of sp³-hybridized carbons (Fsp3) is 0.385. The van der Waals surface area contributed by atoms with Crippen molar-refractivity contribution >= 4 is 20.8 Å². The van der Waals surface area contributed by atoms with Crippen LogP contribution in [0.15, 0.2) is 34.7 Å². The predicted octanol–water partition coefficient (Wildman–Crippen LogP) is 1.90. The van der Waals surface area contributed by atoms with Crippen LogP contribution in [-0.2, 0) is 9.84 Å². The number of para-hydroxylation sites is 1. The zero-order valence-corrected chi connectivity index (χ0v) is 10.6. The highest BCUT2D eigenvalue weighted by Crippen LogP contribution is 2.33. The first-order valence-electron chi connectivity index (χ1n) is 5.92. The van der Waals surface area contributed by atoms with Crippen molar-refractivity contribution in [2.75, 3.05) is 11.5 Å². The molecule has 3 rings (SSSR count). The van der Waals surface area contributed by atoms with E-state index in [9.17, 15) is 13.5 Å². The van der Waals surface area contributed by atoms with Gasteiger partial charge < -0.3 is 9.52 Å². The van der Waals surface area contributed by atoms with Crippen molar-refractivity contribution in [2.45, 2.75) is 12.5 Å². The van der Waals surface area contributed by atoms with Gasteiger partial charge in [0.25, 0.3) is 0 Å². The van der Waals surface area contributed by atoms with Crippen LogP contribution in [0.4, 0.5) is 0 Å². The van der Waals surface area contributed by atoms with Crippen LogP contribution in [0.1, 0.15) is 18.3 Å². The molecule has 2 heterocycles. The van der Waals surface area contributed by atoms with Crippen LogP contribution in [0.25, 0.3) is 11.0 Å². The van der Waals surface area contributed by atoms with Gasteiger partial charge in [-0.3, -0.25) is 0 Å². The predicted molar refractivity (Wildman–Crippen MR) is 67.9 cm³/mol. The molecule has 1 aromatic heterocycles. The lowest BCUT2D eigenvalue weighted by Gasteiger charge is -2.13. The fourth-order valence-electron chi connectivity index (χ4n) is 2.45. The number of hydrogen-bond acceptors (Lipinski definition) is 4. The van der Waals surface area contributed by atoms with E-state index in [1.165, 1.54) is 0 Å². The molecule has 0 amide bonds. The SMILES string of the molecule is O=S1(=O)CCC(C(O)c2cc3ccccc3o2)C1. The Hall–Kier alpha value is -1.33. The molecule has 0 aliphatic carbocycles. The minimum absolute atomic E-state index is 0.0468. The van der Waals surface area contributed by atoms with Crippen LogP contribution in [0.2, 0.25) is 0 Å². The van der Waals surface area contributed by atoms with E-state index in [1.807, 2.05) is 24.3 Å². The second-order valence-electron chi connectivity index (χ2n) is 4.79. The molecule has 1 aliphatic rings. The summed E-state index contributed by atoms with van der Waals surface area (Å²) in [4.78, 5) is 0. The van der Waals surface area contributed by atoms with Gasteiger partial charge >= 0.3 is 0 Å². The summed E-state index contributed by atoms with van der Waals surface area (Å²) < 4.78 is 28.4. The Labute approximate surface area is 105 Å². The standard InChI is InChI=1S/C13H14O4S/c14-13(10-5-6-18(15,16)8-10)12-7-9-3-1-2-4-11(9)17-12/h1-4,7,10,13-14H,5-6,8H2. The summed E-state index contributed by atoms with van der Waals surface area (Å²) in [5, 5.41) is 11.1. The average Bonchev–Trinajstić information content (AvgIpc) is 2.91. The molecule has 1 saturated heterocycles. The monoisotopic (exact) mass is 266 g/mol. The Morgan fingerprint density at radius 2 is 2.11 bits per heavy atom. The van der Waals surface area contributed by atoms with Gasteiger partial charge in [0.2, 0.25) is 0 Å². The van der Waals surface area contributed by atoms with Crippen LogP contribution < -0.4 is 0 Å². The lowest BCUT2D eigenvalue weighted by molar-refractivity contribution is 0.0991. The summed E-state index contributed by atoms with van der Waals surface area (Å²) in [5.74, 6) is 0.411. The maximum absolute atomic E-state index is 11.4. The second-order valence-corrected chi connectivity index (χ2v) is 7.02. The smallest absolute Gasteiger partial charge is 0.150 e. The maximum Gasteiger partial charge on any atom is 0.150 e. The number of rotatable bonds is 2. The number of hydrogen-bond donors (Lipinski definition) is 1. The minimum atomic E-state index is -2.98. The first-order chi connectivity index (χ1) is 8.55. The molecule has 1 aromatic carbocycles. The maximum atomic E-state index is 11.4. The van der Waals surface area contributed by atoms with Crippen molar-refractivity contribution in [3.63, 3.8) is 0 Å². The van der Waals surface area contributed by atoms with Gasteiger partial charge in [-0.25, -0.2) is 8.42 Å². The van der Waals surface area contributed by atoms with Crippen molar-refractivity contribution in [2.24, 2.45) is 5.92 Å². The Morgan fingerprint density at radius 3 is 2.78 bits per heavy atom. The van der Waals surface area contributed by atoms with Gasteiger partial charge in [-0.05, 0) is 18.6 Å². The van der Waals surface area contributed by atoms with E-state index >= 15 is 0 Å². The van der Waals surface area contributed by atoms with E-state index in [1.54, 1.807) is 6.07 Å². The van der Waals surface area contributed by atoms with Crippen LogP contribution in [0.3, 0.4) is 0 Å². The van der Waals surface area contributed by atoms with Crippen LogP contribution in [0, 0.1) is 5.92 Å². The minimum Gasteiger partial charge on any atom is -0.458 e.